The molecule has 22 heavy (non-hydrogen) atoms. The zero-order chi connectivity index (χ0) is 16.6. The molecule has 0 amide bonds. The SMILES string of the molecule is CSCCC(C(=O)OCc1ccccc1)C(=O)OC(C)(C)C. The van der Waals surface area contributed by atoms with Gasteiger partial charge in [0.2, 0.25) is 0 Å². The van der Waals surface area contributed by atoms with E-state index in [1.165, 1.54) is 0 Å². The van der Waals surface area contributed by atoms with Crippen LogP contribution in [-0.2, 0) is 25.7 Å². The Labute approximate surface area is 136 Å². The van der Waals surface area contributed by atoms with Gasteiger partial charge in [-0.3, -0.25) is 9.59 Å². The predicted molar refractivity (Wildman–Crippen MR) is 88.6 cm³/mol. The number of hydrogen-bond donors (Lipinski definition) is 0. The van der Waals surface area contributed by atoms with Crippen molar-refractivity contribution in [2.75, 3.05) is 12.0 Å². The Hall–Kier alpha value is -1.49. The fourth-order valence-electron chi connectivity index (χ4n) is 1.77. The number of ether oxygens (including phenoxy) is 2. The molecule has 0 saturated carbocycles. The quantitative estimate of drug-likeness (QED) is 0.568. The molecule has 0 aliphatic heterocycles. The molecular weight excluding hydrogens is 300 g/mol. The molecule has 4 nitrogen and oxygen atoms in total. The summed E-state index contributed by atoms with van der Waals surface area (Å²) in [6.45, 7) is 5.52. The van der Waals surface area contributed by atoms with E-state index in [0.29, 0.717) is 12.2 Å². The van der Waals surface area contributed by atoms with Crippen molar-refractivity contribution < 1.29 is 19.1 Å². The molecule has 1 unspecified atom stereocenters. The first-order chi connectivity index (χ1) is 10.3. The highest BCUT2D eigenvalue weighted by Gasteiger charge is 2.32. The Balaban J connectivity index is 2.65. The van der Waals surface area contributed by atoms with Gasteiger partial charge in [0.15, 0.2) is 5.92 Å². The van der Waals surface area contributed by atoms with Gasteiger partial charge in [0.05, 0.1) is 0 Å². The van der Waals surface area contributed by atoms with E-state index in [4.69, 9.17) is 9.47 Å². The summed E-state index contributed by atoms with van der Waals surface area (Å²) < 4.78 is 10.6. The van der Waals surface area contributed by atoms with E-state index in [0.717, 1.165) is 5.56 Å². The Kier molecular flexibility index (Phi) is 7.45. The van der Waals surface area contributed by atoms with Crippen LogP contribution in [0.25, 0.3) is 0 Å². The zero-order valence-electron chi connectivity index (χ0n) is 13.6. The van der Waals surface area contributed by atoms with Crippen molar-refractivity contribution in [1.29, 1.82) is 0 Å². The molecule has 0 aliphatic rings. The van der Waals surface area contributed by atoms with Gasteiger partial charge >= 0.3 is 11.9 Å². The van der Waals surface area contributed by atoms with Gasteiger partial charge in [0, 0.05) is 0 Å². The molecule has 0 bridgehead atoms. The summed E-state index contributed by atoms with van der Waals surface area (Å²) >= 11 is 1.58. The van der Waals surface area contributed by atoms with Crippen LogP contribution in [0.3, 0.4) is 0 Å². The maximum absolute atomic E-state index is 12.2. The molecule has 0 heterocycles. The van der Waals surface area contributed by atoms with Crippen molar-refractivity contribution in [3.8, 4) is 0 Å². The van der Waals surface area contributed by atoms with Crippen LogP contribution in [-0.4, -0.2) is 29.5 Å². The summed E-state index contributed by atoms with van der Waals surface area (Å²) in [5.74, 6) is -1.20. The lowest BCUT2D eigenvalue weighted by atomic mass is 10.1. The average molecular weight is 324 g/mol. The lowest BCUT2D eigenvalue weighted by Crippen LogP contribution is -2.34. The smallest absolute Gasteiger partial charge is 0.320 e. The van der Waals surface area contributed by atoms with Crippen molar-refractivity contribution >= 4 is 23.7 Å². The number of rotatable bonds is 7. The van der Waals surface area contributed by atoms with E-state index in [1.807, 2.05) is 36.6 Å². The van der Waals surface area contributed by atoms with E-state index < -0.39 is 23.5 Å². The van der Waals surface area contributed by atoms with E-state index in [9.17, 15) is 9.59 Å². The monoisotopic (exact) mass is 324 g/mol. The molecule has 0 fully saturated rings. The second kappa shape index (κ2) is 8.83. The van der Waals surface area contributed by atoms with Gasteiger partial charge < -0.3 is 9.47 Å². The summed E-state index contributed by atoms with van der Waals surface area (Å²) in [5.41, 5.74) is 0.276. The molecule has 0 saturated heterocycles. The van der Waals surface area contributed by atoms with Gasteiger partial charge in [-0.25, -0.2) is 0 Å². The van der Waals surface area contributed by atoms with Gasteiger partial charge in [-0.05, 0) is 44.8 Å². The predicted octanol–water partition coefficient (Wildman–Crippen LogP) is 3.44. The van der Waals surface area contributed by atoms with E-state index in [1.54, 1.807) is 32.5 Å². The second-order valence-corrected chi connectivity index (χ2v) is 6.95. The van der Waals surface area contributed by atoms with Crippen LogP contribution >= 0.6 is 11.8 Å². The fraction of sp³-hybridized carbons (Fsp3) is 0.529. The third kappa shape index (κ3) is 6.98. The van der Waals surface area contributed by atoms with Crippen molar-refractivity contribution in [2.45, 2.75) is 39.4 Å². The topological polar surface area (TPSA) is 52.6 Å². The van der Waals surface area contributed by atoms with Crippen molar-refractivity contribution in [2.24, 2.45) is 5.92 Å². The van der Waals surface area contributed by atoms with Gasteiger partial charge in [-0.15, -0.1) is 0 Å². The minimum absolute atomic E-state index is 0.165. The van der Waals surface area contributed by atoms with Crippen molar-refractivity contribution in [3.05, 3.63) is 35.9 Å². The minimum Gasteiger partial charge on any atom is -0.460 e. The maximum Gasteiger partial charge on any atom is 0.320 e. The van der Waals surface area contributed by atoms with Crippen molar-refractivity contribution in [3.63, 3.8) is 0 Å². The molecule has 122 valence electrons. The highest BCUT2D eigenvalue weighted by Crippen LogP contribution is 2.17. The van der Waals surface area contributed by atoms with Crippen LogP contribution in [0.2, 0.25) is 0 Å². The highest BCUT2D eigenvalue weighted by atomic mass is 32.2. The first-order valence-corrected chi connectivity index (χ1v) is 8.65. The summed E-state index contributed by atoms with van der Waals surface area (Å²) in [6, 6.07) is 9.40. The maximum atomic E-state index is 12.2. The average Bonchev–Trinajstić information content (AvgIpc) is 2.44. The van der Waals surface area contributed by atoms with Gasteiger partial charge in [0.25, 0.3) is 0 Å². The second-order valence-electron chi connectivity index (χ2n) is 5.96. The van der Waals surface area contributed by atoms with Crippen LogP contribution in [0.15, 0.2) is 30.3 Å². The van der Waals surface area contributed by atoms with Crippen LogP contribution in [0.4, 0.5) is 0 Å². The Morgan fingerprint density at radius 3 is 2.32 bits per heavy atom. The molecule has 0 radical (unpaired) electrons. The third-order valence-corrected chi connectivity index (χ3v) is 3.45. The van der Waals surface area contributed by atoms with Crippen LogP contribution < -0.4 is 0 Å². The third-order valence-electron chi connectivity index (χ3n) is 2.81. The Bertz CT molecular complexity index is 479. The van der Waals surface area contributed by atoms with Crippen molar-refractivity contribution in [1.82, 2.24) is 0 Å². The fourth-order valence-corrected chi connectivity index (χ4v) is 2.24. The first kappa shape index (κ1) is 18.6. The largest absolute Gasteiger partial charge is 0.460 e. The van der Waals surface area contributed by atoms with E-state index in [-0.39, 0.29) is 6.61 Å². The van der Waals surface area contributed by atoms with Gasteiger partial charge in [0.1, 0.15) is 12.2 Å². The van der Waals surface area contributed by atoms with Gasteiger partial charge in [-0.1, -0.05) is 30.3 Å². The Morgan fingerprint density at radius 1 is 1.14 bits per heavy atom. The molecule has 1 rings (SSSR count). The minimum atomic E-state index is -0.865. The normalized spacial score (nSPS) is 12.5. The highest BCUT2D eigenvalue weighted by molar-refractivity contribution is 7.98. The van der Waals surface area contributed by atoms with Crippen LogP contribution in [0.5, 0.6) is 0 Å². The molecule has 0 aliphatic carbocycles. The summed E-state index contributed by atoms with van der Waals surface area (Å²) in [6.07, 6.45) is 2.35. The number of benzene rings is 1. The first-order valence-electron chi connectivity index (χ1n) is 7.26. The van der Waals surface area contributed by atoms with Gasteiger partial charge in [-0.2, -0.15) is 11.8 Å². The van der Waals surface area contributed by atoms with Crippen LogP contribution in [0, 0.1) is 5.92 Å². The molecular formula is C17H24O4S. The van der Waals surface area contributed by atoms with E-state index >= 15 is 0 Å². The zero-order valence-corrected chi connectivity index (χ0v) is 14.4. The Morgan fingerprint density at radius 2 is 1.77 bits per heavy atom. The molecule has 0 N–H and O–H groups in total. The lowest BCUT2D eigenvalue weighted by Gasteiger charge is -2.23. The number of carbonyl (C=O) groups is 2. The van der Waals surface area contributed by atoms with Crippen LogP contribution in [0.1, 0.15) is 32.8 Å². The summed E-state index contributed by atoms with van der Waals surface area (Å²) in [4.78, 5) is 24.4. The molecule has 0 spiro atoms. The number of hydrogen-bond acceptors (Lipinski definition) is 5. The molecule has 1 aromatic rings. The molecule has 1 atom stereocenters. The molecule has 1 aromatic carbocycles. The number of esters is 2. The van der Waals surface area contributed by atoms with E-state index in [2.05, 4.69) is 0 Å². The molecule has 0 aromatic heterocycles. The molecule has 5 heteroatoms. The number of carbonyl (C=O) groups excluding carboxylic acids is 2. The lowest BCUT2D eigenvalue weighted by molar-refractivity contribution is -0.169. The number of thioether (sulfide) groups is 1. The standard InChI is InChI=1S/C17H24O4S/c1-17(2,3)21-16(19)14(10-11-22-4)15(18)20-12-13-8-6-5-7-9-13/h5-9,14H,10-12H2,1-4H3. The summed E-state index contributed by atoms with van der Waals surface area (Å²) in [5, 5.41) is 0. The summed E-state index contributed by atoms with van der Waals surface area (Å²) in [7, 11) is 0.